The molecule has 0 radical (unpaired) electrons. The van der Waals surface area contributed by atoms with Crippen LogP contribution in [0.25, 0.3) is 0 Å². The van der Waals surface area contributed by atoms with Crippen LogP contribution in [0.3, 0.4) is 0 Å². The summed E-state index contributed by atoms with van der Waals surface area (Å²) in [6.07, 6.45) is 5.10. The predicted octanol–water partition coefficient (Wildman–Crippen LogP) is 3.24. The Labute approximate surface area is 130 Å². The van der Waals surface area contributed by atoms with E-state index < -0.39 is 0 Å². The second-order valence-corrected chi connectivity index (χ2v) is 5.93. The number of hydrogen-bond acceptors (Lipinski definition) is 5. The van der Waals surface area contributed by atoms with Crippen LogP contribution in [0.1, 0.15) is 31.2 Å². The monoisotopic (exact) mass is 298 g/mol. The third-order valence-corrected chi connectivity index (χ3v) is 4.01. The fraction of sp³-hybridized carbons (Fsp3) is 0.412. The molecule has 5 nitrogen and oxygen atoms in total. The van der Waals surface area contributed by atoms with Crippen LogP contribution in [0.15, 0.2) is 36.7 Å². The molecule has 1 aliphatic carbocycles. The van der Waals surface area contributed by atoms with Gasteiger partial charge in [-0.3, -0.25) is 0 Å². The lowest BCUT2D eigenvalue weighted by Gasteiger charge is -2.26. The van der Waals surface area contributed by atoms with Crippen LogP contribution in [0.4, 0.5) is 17.3 Å². The number of benzene rings is 1. The molecule has 1 saturated carbocycles. The Hall–Kier alpha value is -2.14. The van der Waals surface area contributed by atoms with Gasteiger partial charge in [-0.05, 0) is 50.3 Å². The second-order valence-electron chi connectivity index (χ2n) is 5.93. The molecule has 1 aliphatic rings. The van der Waals surface area contributed by atoms with Crippen molar-refractivity contribution in [2.45, 2.75) is 44.8 Å². The summed E-state index contributed by atoms with van der Waals surface area (Å²) < 4.78 is 0. The third-order valence-electron chi connectivity index (χ3n) is 4.01. The first-order chi connectivity index (χ1) is 10.7. The van der Waals surface area contributed by atoms with Crippen LogP contribution in [-0.2, 0) is 0 Å². The summed E-state index contributed by atoms with van der Waals surface area (Å²) in [6, 6.07) is 10.5. The zero-order valence-electron chi connectivity index (χ0n) is 12.8. The van der Waals surface area contributed by atoms with E-state index in [4.69, 9.17) is 0 Å². The highest BCUT2D eigenvalue weighted by atomic mass is 16.3. The largest absolute Gasteiger partial charge is 0.393 e. The van der Waals surface area contributed by atoms with Crippen molar-refractivity contribution in [1.29, 1.82) is 0 Å². The lowest BCUT2D eigenvalue weighted by atomic mass is 9.93. The van der Waals surface area contributed by atoms with Gasteiger partial charge in [-0.2, -0.15) is 0 Å². The number of anilines is 3. The van der Waals surface area contributed by atoms with Gasteiger partial charge in [-0.1, -0.05) is 12.1 Å². The van der Waals surface area contributed by atoms with Crippen LogP contribution < -0.4 is 10.6 Å². The minimum Gasteiger partial charge on any atom is -0.393 e. The molecular formula is C17H22N4O. The maximum Gasteiger partial charge on any atom is 0.135 e. The Bertz CT molecular complexity index is 624. The molecule has 1 heterocycles. The zero-order chi connectivity index (χ0) is 15.4. The first-order valence-electron chi connectivity index (χ1n) is 7.79. The molecule has 1 aromatic carbocycles. The summed E-state index contributed by atoms with van der Waals surface area (Å²) in [5, 5.41) is 16.3. The molecule has 0 saturated heterocycles. The number of aryl methyl sites for hydroxylation is 1. The van der Waals surface area contributed by atoms with E-state index in [0.717, 1.165) is 43.0 Å². The maximum absolute atomic E-state index is 9.56. The number of aromatic nitrogens is 2. The van der Waals surface area contributed by atoms with E-state index >= 15 is 0 Å². The van der Waals surface area contributed by atoms with E-state index in [1.807, 2.05) is 18.2 Å². The molecule has 1 fully saturated rings. The van der Waals surface area contributed by atoms with Gasteiger partial charge in [-0.25, -0.2) is 9.97 Å². The average Bonchev–Trinajstić information content (AvgIpc) is 2.50. The lowest BCUT2D eigenvalue weighted by Crippen LogP contribution is -2.28. The average molecular weight is 298 g/mol. The van der Waals surface area contributed by atoms with Crippen LogP contribution in [0, 0.1) is 6.92 Å². The predicted molar refractivity (Wildman–Crippen MR) is 88.4 cm³/mol. The number of aliphatic hydroxyl groups excluding tert-OH is 1. The van der Waals surface area contributed by atoms with E-state index in [0.29, 0.717) is 6.04 Å². The Morgan fingerprint density at radius 1 is 1.05 bits per heavy atom. The van der Waals surface area contributed by atoms with Crippen molar-refractivity contribution in [3.05, 3.63) is 42.2 Å². The summed E-state index contributed by atoms with van der Waals surface area (Å²) >= 11 is 0. The minimum absolute atomic E-state index is 0.137. The van der Waals surface area contributed by atoms with Crippen molar-refractivity contribution in [3.63, 3.8) is 0 Å². The van der Waals surface area contributed by atoms with E-state index in [-0.39, 0.29) is 6.10 Å². The highest BCUT2D eigenvalue weighted by molar-refractivity contribution is 5.59. The fourth-order valence-electron chi connectivity index (χ4n) is 2.80. The minimum atomic E-state index is -0.137. The second kappa shape index (κ2) is 6.75. The summed E-state index contributed by atoms with van der Waals surface area (Å²) in [5.74, 6) is 1.60. The van der Waals surface area contributed by atoms with Gasteiger partial charge in [0.1, 0.15) is 18.0 Å². The summed E-state index contributed by atoms with van der Waals surface area (Å²) in [6.45, 7) is 2.07. The third kappa shape index (κ3) is 3.95. The summed E-state index contributed by atoms with van der Waals surface area (Å²) in [7, 11) is 0. The van der Waals surface area contributed by atoms with Crippen LogP contribution >= 0.6 is 0 Å². The topological polar surface area (TPSA) is 70.1 Å². The molecule has 3 rings (SSSR count). The molecule has 22 heavy (non-hydrogen) atoms. The van der Waals surface area contributed by atoms with Gasteiger partial charge >= 0.3 is 0 Å². The van der Waals surface area contributed by atoms with Gasteiger partial charge in [-0.15, -0.1) is 0 Å². The molecule has 5 heteroatoms. The first kappa shape index (κ1) is 14.8. The van der Waals surface area contributed by atoms with Crippen LogP contribution in [0.2, 0.25) is 0 Å². The van der Waals surface area contributed by atoms with E-state index in [1.165, 1.54) is 5.56 Å². The molecule has 0 amide bonds. The highest BCUT2D eigenvalue weighted by Crippen LogP contribution is 2.23. The molecule has 116 valence electrons. The number of rotatable bonds is 4. The van der Waals surface area contributed by atoms with Gasteiger partial charge in [0, 0.05) is 17.8 Å². The van der Waals surface area contributed by atoms with Crippen LogP contribution in [0.5, 0.6) is 0 Å². The van der Waals surface area contributed by atoms with Crippen LogP contribution in [-0.4, -0.2) is 27.2 Å². The number of hydrogen-bond donors (Lipinski definition) is 3. The highest BCUT2D eigenvalue weighted by Gasteiger charge is 2.19. The van der Waals surface area contributed by atoms with Gasteiger partial charge in [0.05, 0.1) is 6.10 Å². The van der Waals surface area contributed by atoms with Crippen molar-refractivity contribution in [1.82, 2.24) is 9.97 Å². The SMILES string of the molecule is Cc1cccc(Nc2cc(NC3CCC(O)CC3)ncn2)c1. The van der Waals surface area contributed by atoms with Gasteiger partial charge in [0.15, 0.2) is 0 Å². The molecule has 0 atom stereocenters. The van der Waals surface area contributed by atoms with Gasteiger partial charge in [0.2, 0.25) is 0 Å². The van der Waals surface area contributed by atoms with Crippen molar-refractivity contribution in [3.8, 4) is 0 Å². The molecule has 1 aromatic heterocycles. The molecule has 0 bridgehead atoms. The summed E-state index contributed by atoms with van der Waals surface area (Å²) in [5.41, 5.74) is 2.23. The maximum atomic E-state index is 9.56. The number of nitrogens with zero attached hydrogens (tertiary/aromatic N) is 2. The summed E-state index contributed by atoms with van der Waals surface area (Å²) in [4.78, 5) is 8.55. The zero-order valence-corrected chi connectivity index (χ0v) is 12.8. The molecular weight excluding hydrogens is 276 g/mol. The number of aliphatic hydroxyl groups is 1. The van der Waals surface area contributed by atoms with E-state index in [2.05, 4.69) is 39.7 Å². The van der Waals surface area contributed by atoms with Crippen molar-refractivity contribution >= 4 is 17.3 Å². The van der Waals surface area contributed by atoms with Crippen molar-refractivity contribution in [2.24, 2.45) is 0 Å². The van der Waals surface area contributed by atoms with Crippen molar-refractivity contribution in [2.75, 3.05) is 10.6 Å². The Morgan fingerprint density at radius 3 is 2.59 bits per heavy atom. The van der Waals surface area contributed by atoms with Gasteiger partial charge < -0.3 is 15.7 Å². The standard InChI is InChI=1S/C17H22N4O/c1-12-3-2-4-14(9-12)21-17-10-16(18-11-19-17)20-13-5-7-15(22)8-6-13/h2-4,9-11,13,15,22H,5-8H2,1H3,(H2,18,19,20,21). The molecule has 3 N–H and O–H groups in total. The molecule has 2 aromatic rings. The lowest BCUT2D eigenvalue weighted by molar-refractivity contribution is 0.126. The molecule has 0 aliphatic heterocycles. The Kier molecular flexibility index (Phi) is 4.53. The molecule has 0 unspecified atom stereocenters. The normalized spacial score (nSPS) is 21.4. The van der Waals surface area contributed by atoms with Crippen molar-refractivity contribution < 1.29 is 5.11 Å². The Balaban J connectivity index is 1.65. The molecule has 0 spiro atoms. The first-order valence-corrected chi connectivity index (χ1v) is 7.79. The smallest absolute Gasteiger partial charge is 0.135 e. The Morgan fingerprint density at radius 2 is 1.82 bits per heavy atom. The quantitative estimate of drug-likeness (QED) is 0.808. The van der Waals surface area contributed by atoms with Gasteiger partial charge in [0.25, 0.3) is 0 Å². The number of nitrogens with one attached hydrogen (secondary N) is 2. The fourth-order valence-corrected chi connectivity index (χ4v) is 2.80. The van der Waals surface area contributed by atoms with E-state index in [9.17, 15) is 5.11 Å². The van der Waals surface area contributed by atoms with E-state index in [1.54, 1.807) is 6.33 Å².